The highest BCUT2D eigenvalue weighted by molar-refractivity contribution is 6.00. The monoisotopic (exact) mass is 385 g/mol. The molecule has 7 heteroatoms. The lowest BCUT2D eigenvalue weighted by Crippen LogP contribution is -2.51. The van der Waals surface area contributed by atoms with Crippen LogP contribution in [-0.4, -0.2) is 49.4 Å². The molecule has 2 aromatic rings. The molecule has 1 atom stereocenters. The third kappa shape index (κ3) is 3.56. The van der Waals surface area contributed by atoms with E-state index in [1.165, 1.54) is 23.1 Å². The van der Waals surface area contributed by atoms with Crippen molar-refractivity contribution in [2.45, 2.75) is 6.42 Å². The van der Waals surface area contributed by atoms with Gasteiger partial charge in [0, 0.05) is 44.8 Å². The van der Waals surface area contributed by atoms with E-state index in [4.69, 9.17) is 0 Å². The summed E-state index contributed by atoms with van der Waals surface area (Å²) in [6.45, 7) is 2.39. The van der Waals surface area contributed by atoms with Crippen molar-refractivity contribution in [3.63, 3.8) is 0 Å². The van der Waals surface area contributed by atoms with Gasteiger partial charge in [0.25, 0.3) is 0 Å². The molecule has 0 saturated carbocycles. The fourth-order valence-corrected chi connectivity index (χ4v) is 3.88. The molecule has 2 aliphatic heterocycles. The Balaban J connectivity index is 1.37. The molecule has 2 fully saturated rings. The number of anilines is 2. The van der Waals surface area contributed by atoms with E-state index in [-0.39, 0.29) is 29.9 Å². The molecule has 0 N–H and O–H groups in total. The summed E-state index contributed by atoms with van der Waals surface area (Å²) >= 11 is 0. The van der Waals surface area contributed by atoms with Crippen molar-refractivity contribution in [1.82, 2.24) is 4.90 Å². The molecule has 0 unspecified atom stereocenters. The number of para-hydroxylation sites is 1. The van der Waals surface area contributed by atoms with Gasteiger partial charge in [-0.3, -0.25) is 9.59 Å². The maximum absolute atomic E-state index is 14.0. The quantitative estimate of drug-likeness (QED) is 0.816. The molecule has 4 rings (SSSR count). The molecular weight excluding hydrogens is 364 g/mol. The fraction of sp³-hybridized carbons (Fsp3) is 0.333. The topological polar surface area (TPSA) is 43.9 Å². The minimum absolute atomic E-state index is 0.0499. The molecule has 2 saturated heterocycles. The molecular formula is C21H21F2N3O2. The van der Waals surface area contributed by atoms with E-state index in [1.807, 2.05) is 4.90 Å². The maximum atomic E-state index is 14.0. The third-order valence-corrected chi connectivity index (χ3v) is 5.40. The number of carbonyl (C=O) groups excluding carboxylic acids is 2. The zero-order valence-corrected chi connectivity index (χ0v) is 15.4. The number of amides is 2. The number of nitrogens with zero attached hydrogens (tertiary/aromatic N) is 3. The van der Waals surface area contributed by atoms with E-state index in [0.29, 0.717) is 44.1 Å². The van der Waals surface area contributed by atoms with Gasteiger partial charge in [-0.1, -0.05) is 12.1 Å². The van der Waals surface area contributed by atoms with Gasteiger partial charge in [-0.25, -0.2) is 8.78 Å². The van der Waals surface area contributed by atoms with Gasteiger partial charge in [-0.2, -0.15) is 0 Å². The second kappa shape index (κ2) is 7.58. The highest BCUT2D eigenvalue weighted by Gasteiger charge is 2.38. The Morgan fingerprint density at radius 1 is 0.929 bits per heavy atom. The molecule has 2 aromatic carbocycles. The Morgan fingerprint density at radius 2 is 1.61 bits per heavy atom. The fourth-order valence-electron chi connectivity index (χ4n) is 3.88. The predicted octanol–water partition coefficient (Wildman–Crippen LogP) is 2.67. The van der Waals surface area contributed by atoms with Crippen molar-refractivity contribution in [3.05, 3.63) is 60.2 Å². The second-order valence-electron chi connectivity index (χ2n) is 7.15. The standard InChI is InChI=1S/C21H21F2N3O2/c22-16-5-7-17(8-6-16)26-14-15(13-20(26)27)21(28)25-11-9-24(10-12-25)19-4-2-1-3-18(19)23/h1-8,15H,9-14H2/t15-/m1/s1. The summed E-state index contributed by atoms with van der Waals surface area (Å²) in [4.78, 5) is 30.5. The normalized spacial score (nSPS) is 20.0. The number of piperazine rings is 1. The summed E-state index contributed by atoms with van der Waals surface area (Å²) in [6.07, 6.45) is 0.156. The van der Waals surface area contributed by atoms with E-state index in [1.54, 1.807) is 35.2 Å². The first kappa shape index (κ1) is 18.4. The van der Waals surface area contributed by atoms with Gasteiger partial charge in [0.15, 0.2) is 0 Å². The van der Waals surface area contributed by atoms with E-state index in [0.717, 1.165) is 0 Å². The summed E-state index contributed by atoms with van der Waals surface area (Å²) in [5.74, 6) is -1.21. The summed E-state index contributed by atoms with van der Waals surface area (Å²) in [5.41, 5.74) is 1.15. The minimum Gasteiger partial charge on any atom is -0.366 e. The molecule has 0 aromatic heterocycles. The lowest BCUT2D eigenvalue weighted by molar-refractivity contribution is -0.136. The van der Waals surface area contributed by atoms with Crippen LogP contribution in [0.15, 0.2) is 48.5 Å². The van der Waals surface area contributed by atoms with Crippen molar-refractivity contribution in [3.8, 4) is 0 Å². The Morgan fingerprint density at radius 3 is 2.29 bits per heavy atom. The SMILES string of the molecule is O=C([C@@H]1CC(=O)N(c2ccc(F)cc2)C1)N1CCN(c2ccccc2F)CC1. The number of benzene rings is 2. The highest BCUT2D eigenvalue weighted by Crippen LogP contribution is 2.27. The van der Waals surface area contributed by atoms with E-state index < -0.39 is 5.92 Å². The Labute approximate surface area is 162 Å². The van der Waals surface area contributed by atoms with Crippen molar-refractivity contribution < 1.29 is 18.4 Å². The van der Waals surface area contributed by atoms with Crippen LogP contribution < -0.4 is 9.80 Å². The zero-order chi connectivity index (χ0) is 19.7. The first-order chi connectivity index (χ1) is 13.5. The smallest absolute Gasteiger partial charge is 0.228 e. The molecule has 0 spiro atoms. The van der Waals surface area contributed by atoms with Crippen molar-refractivity contribution in [2.24, 2.45) is 5.92 Å². The predicted molar refractivity (Wildman–Crippen MR) is 102 cm³/mol. The van der Waals surface area contributed by atoms with Crippen LogP contribution in [0.1, 0.15) is 6.42 Å². The van der Waals surface area contributed by atoms with Crippen molar-refractivity contribution >= 4 is 23.2 Å². The second-order valence-corrected chi connectivity index (χ2v) is 7.15. The van der Waals surface area contributed by atoms with Crippen LogP contribution in [0.5, 0.6) is 0 Å². The Hall–Kier alpha value is -2.96. The number of hydrogen-bond donors (Lipinski definition) is 0. The van der Waals surface area contributed by atoms with E-state index in [9.17, 15) is 18.4 Å². The summed E-state index contributed by atoms with van der Waals surface area (Å²) in [7, 11) is 0. The molecule has 0 radical (unpaired) electrons. The highest BCUT2D eigenvalue weighted by atomic mass is 19.1. The summed E-state index contributed by atoms with van der Waals surface area (Å²) < 4.78 is 27.1. The largest absolute Gasteiger partial charge is 0.366 e. The van der Waals surface area contributed by atoms with Gasteiger partial charge in [-0.05, 0) is 36.4 Å². The number of halogens is 2. The van der Waals surface area contributed by atoms with Gasteiger partial charge in [-0.15, -0.1) is 0 Å². The van der Waals surface area contributed by atoms with Gasteiger partial charge in [0.1, 0.15) is 11.6 Å². The van der Waals surface area contributed by atoms with E-state index >= 15 is 0 Å². The first-order valence-corrected chi connectivity index (χ1v) is 9.37. The van der Waals surface area contributed by atoms with Crippen LogP contribution in [0.3, 0.4) is 0 Å². The van der Waals surface area contributed by atoms with Crippen LogP contribution in [0.4, 0.5) is 20.2 Å². The summed E-state index contributed by atoms with van der Waals surface area (Å²) in [5, 5.41) is 0. The van der Waals surface area contributed by atoms with Crippen LogP contribution >= 0.6 is 0 Å². The first-order valence-electron chi connectivity index (χ1n) is 9.37. The average Bonchev–Trinajstić information content (AvgIpc) is 3.10. The number of hydrogen-bond acceptors (Lipinski definition) is 3. The van der Waals surface area contributed by atoms with Gasteiger partial charge in [0.05, 0.1) is 11.6 Å². The zero-order valence-electron chi connectivity index (χ0n) is 15.4. The van der Waals surface area contributed by atoms with Crippen LogP contribution in [0.2, 0.25) is 0 Å². The van der Waals surface area contributed by atoms with Gasteiger partial charge < -0.3 is 14.7 Å². The molecule has 0 bridgehead atoms. The average molecular weight is 385 g/mol. The van der Waals surface area contributed by atoms with Gasteiger partial charge >= 0.3 is 0 Å². The molecule has 0 aliphatic carbocycles. The number of rotatable bonds is 3. The molecule has 2 aliphatic rings. The van der Waals surface area contributed by atoms with Crippen LogP contribution in [0.25, 0.3) is 0 Å². The lowest BCUT2D eigenvalue weighted by Gasteiger charge is -2.37. The minimum atomic E-state index is -0.405. The third-order valence-electron chi connectivity index (χ3n) is 5.40. The lowest BCUT2D eigenvalue weighted by atomic mass is 10.1. The molecule has 2 heterocycles. The Kier molecular flexibility index (Phi) is 4.98. The van der Waals surface area contributed by atoms with E-state index in [2.05, 4.69) is 0 Å². The Bertz CT molecular complexity index is 879. The van der Waals surface area contributed by atoms with Crippen LogP contribution in [-0.2, 0) is 9.59 Å². The molecule has 146 valence electrons. The maximum Gasteiger partial charge on any atom is 0.228 e. The van der Waals surface area contributed by atoms with Crippen LogP contribution in [0, 0.1) is 17.6 Å². The molecule has 2 amide bonds. The van der Waals surface area contributed by atoms with Crippen molar-refractivity contribution in [1.29, 1.82) is 0 Å². The molecule has 28 heavy (non-hydrogen) atoms. The summed E-state index contributed by atoms with van der Waals surface area (Å²) in [6, 6.07) is 12.3. The van der Waals surface area contributed by atoms with Crippen molar-refractivity contribution in [2.75, 3.05) is 42.5 Å². The molecule has 5 nitrogen and oxygen atoms in total. The van der Waals surface area contributed by atoms with Gasteiger partial charge in [0.2, 0.25) is 11.8 Å². The number of carbonyl (C=O) groups is 2.